The van der Waals surface area contributed by atoms with E-state index in [4.69, 9.17) is 11.1 Å². The highest BCUT2D eigenvalue weighted by Crippen LogP contribution is 2.33. The maximum Gasteiger partial charge on any atom is 0.231 e. The molecule has 1 fully saturated rings. The Bertz CT molecular complexity index is 803. The average Bonchev–Trinajstić information content (AvgIpc) is 3.27. The predicted octanol–water partition coefficient (Wildman–Crippen LogP) is 1.46. The molecule has 24 heavy (non-hydrogen) atoms. The topological polar surface area (TPSA) is 110 Å². The lowest BCUT2D eigenvalue weighted by atomic mass is 10.2. The van der Waals surface area contributed by atoms with E-state index < -0.39 is 0 Å². The van der Waals surface area contributed by atoms with Crippen LogP contribution >= 0.6 is 0 Å². The van der Waals surface area contributed by atoms with E-state index in [0.29, 0.717) is 23.1 Å². The van der Waals surface area contributed by atoms with Crippen molar-refractivity contribution in [2.75, 3.05) is 0 Å². The van der Waals surface area contributed by atoms with Gasteiger partial charge in [-0.2, -0.15) is 5.10 Å². The SMILES string of the molecule is Cc1ccnc(-n2ccc(CC(=O)NC(=N)/C=C(\N)C3CC3)n2)c1. The molecule has 0 spiro atoms. The van der Waals surface area contributed by atoms with Crippen LogP contribution in [0.1, 0.15) is 24.1 Å². The second kappa shape index (κ2) is 6.66. The number of amides is 1. The minimum Gasteiger partial charge on any atom is -0.402 e. The van der Waals surface area contributed by atoms with Crippen molar-refractivity contribution in [3.63, 3.8) is 0 Å². The molecular weight excluding hydrogens is 304 g/mol. The largest absolute Gasteiger partial charge is 0.402 e. The summed E-state index contributed by atoms with van der Waals surface area (Å²) >= 11 is 0. The second-order valence-corrected chi connectivity index (χ2v) is 6.00. The first kappa shape index (κ1) is 15.9. The summed E-state index contributed by atoms with van der Waals surface area (Å²) in [7, 11) is 0. The Morgan fingerprint density at radius 2 is 2.29 bits per heavy atom. The van der Waals surface area contributed by atoms with E-state index in [1.54, 1.807) is 23.1 Å². The van der Waals surface area contributed by atoms with Crippen molar-refractivity contribution < 1.29 is 4.79 Å². The van der Waals surface area contributed by atoms with Crippen molar-refractivity contribution in [3.05, 3.63) is 53.6 Å². The fourth-order valence-electron chi connectivity index (χ4n) is 2.33. The van der Waals surface area contributed by atoms with Crippen LogP contribution in [0.3, 0.4) is 0 Å². The second-order valence-electron chi connectivity index (χ2n) is 6.00. The van der Waals surface area contributed by atoms with E-state index in [9.17, 15) is 4.79 Å². The van der Waals surface area contributed by atoms with Crippen LogP contribution in [-0.4, -0.2) is 26.5 Å². The van der Waals surface area contributed by atoms with Gasteiger partial charge in [0.1, 0.15) is 5.84 Å². The van der Waals surface area contributed by atoms with Crippen LogP contribution in [-0.2, 0) is 11.2 Å². The summed E-state index contributed by atoms with van der Waals surface area (Å²) in [4.78, 5) is 16.3. The van der Waals surface area contributed by atoms with E-state index >= 15 is 0 Å². The zero-order valence-electron chi connectivity index (χ0n) is 13.5. The molecule has 7 nitrogen and oxygen atoms in total. The van der Waals surface area contributed by atoms with Crippen molar-refractivity contribution in [1.82, 2.24) is 20.1 Å². The average molecular weight is 324 g/mol. The van der Waals surface area contributed by atoms with Gasteiger partial charge in [0.2, 0.25) is 5.91 Å². The summed E-state index contributed by atoms with van der Waals surface area (Å²) in [5, 5.41) is 14.6. The standard InChI is InChI=1S/C17H20N6O/c1-11-4-6-20-16(8-11)23-7-5-13(22-23)9-17(24)21-15(19)10-14(18)12-2-3-12/h4-8,10,12H,2-3,9,18H2,1H3,(H2,19,21,24)/b14-10-. The van der Waals surface area contributed by atoms with E-state index in [1.165, 1.54) is 6.08 Å². The van der Waals surface area contributed by atoms with Crippen LogP contribution in [0.25, 0.3) is 5.82 Å². The van der Waals surface area contributed by atoms with Gasteiger partial charge in [-0.1, -0.05) is 0 Å². The Hall–Kier alpha value is -2.96. The van der Waals surface area contributed by atoms with Gasteiger partial charge in [0.15, 0.2) is 5.82 Å². The highest BCUT2D eigenvalue weighted by atomic mass is 16.1. The molecule has 1 amide bonds. The van der Waals surface area contributed by atoms with E-state index in [-0.39, 0.29) is 18.2 Å². The van der Waals surface area contributed by atoms with Gasteiger partial charge in [-0.15, -0.1) is 0 Å². The molecule has 0 radical (unpaired) electrons. The highest BCUT2D eigenvalue weighted by molar-refractivity contribution is 6.03. The van der Waals surface area contributed by atoms with Crippen molar-refractivity contribution >= 4 is 11.7 Å². The number of rotatable bonds is 5. The number of aryl methyl sites for hydroxylation is 1. The number of hydrogen-bond donors (Lipinski definition) is 3. The minimum atomic E-state index is -0.290. The summed E-state index contributed by atoms with van der Waals surface area (Å²) in [6.07, 6.45) is 7.22. The molecule has 0 bridgehead atoms. The zero-order chi connectivity index (χ0) is 17.1. The zero-order valence-corrected chi connectivity index (χ0v) is 13.5. The third kappa shape index (κ3) is 4.07. The molecule has 4 N–H and O–H groups in total. The van der Waals surface area contributed by atoms with Crippen LogP contribution < -0.4 is 11.1 Å². The molecule has 0 atom stereocenters. The summed E-state index contributed by atoms with van der Waals surface area (Å²) in [5.74, 6) is 0.806. The lowest BCUT2D eigenvalue weighted by Crippen LogP contribution is -2.30. The van der Waals surface area contributed by atoms with Crippen LogP contribution in [0.5, 0.6) is 0 Å². The van der Waals surface area contributed by atoms with E-state index in [1.807, 2.05) is 19.1 Å². The van der Waals surface area contributed by atoms with Crippen LogP contribution in [0.2, 0.25) is 0 Å². The number of carbonyl (C=O) groups is 1. The highest BCUT2D eigenvalue weighted by Gasteiger charge is 2.24. The predicted molar refractivity (Wildman–Crippen MR) is 90.7 cm³/mol. The van der Waals surface area contributed by atoms with Crippen molar-refractivity contribution in [3.8, 4) is 5.82 Å². The van der Waals surface area contributed by atoms with Crippen LogP contribution in [0.15, 0.2) is 42.4 Å². The maximum atomic E-state index is 12.0. The number of nitrogens with zero attached hydrogens (tertiary/aromatic N) is 3. The molecule has 0 aromatic carbocycles. The quantitative estimate of drug-likeness (QED) is 0.571. The molecule has 0 aliphatic heterocycles. The van der Waals surface area contributed by atoms with Gasteiger partial charge in [-0.05, 0) is 55.5 Å². The minimum absolute atomic E-state index is 0.0178. The lowest BCUT2D eigenvalue weighted by Gasteiger charge is -2.04. The number of allylic oxidation sites excluding steroid dienone is 1. The van der Waals surface area contributed by atoms with E-state index in [0.717, 1.165) is 18.4 Å². The summed E-state index contributed by atoms with van der Waals surface area (Å²) in [5.41, 5.74) is 8.20. The van der Waals surface area contributed by atoms with E-state index in [2.05, 4.69) is 15.4 Å². The molecule has 7 heteroatoms. The van der Waals surface area contributed by atoms with Crippen molar-refractivity contribution in [2.24, 2.45) is 11.7 Å². The van der Waals surface area contributed by atoms with Crippen LogP contribution in [0, 0.1) is 18.3 Å². The Morgan fingerprint density at radius 3 is 3.00 bits per heavy atom. The molecule has 3 rings (SSSR count). The summed E-state index contributed by atoms with van der Waals surface area (Å²) in [6.45, 7) is 1.98. The lowest BCUT2D eigenvalue weighted by molar-refractivity contribution is -0.119. The Labute approximate surface area is 140 Å². The van der Waals surface area contributed by atoms with Crippen molar-refractivity contribution in [2.45, 2.75) is 26.2 Å². The number of amidine groups is 1. The summed E-state index contributed by atoms with van der Waals surface area (Å²) in [6, 6.07) is 5.59. The first-order chi connectivity index (χ1) is 11.5. The van der Waals surface area contributed by atoms with Gasteiger partial charge in [0, 0.05) is 18.1 Å². The Kier molecular flexibility index (Phi) is 4.41. The number of pyridine rings is 1. The Balaban J connectivity index is 1.59. The Morgan fingerprint density at radius 1 is 1.50 bits per heavy atom. The van der Waals surface area contributed by atoms with Gasteiger partial charge >= 0.3 is 0 Å². The molecule has 2 heterocycles. The van der Waals surface area contributed by atoms with Gasteiger partial charge in [0.05, 0.1) is 12.1 Å². The number of hydrogen-bond acceptors (Lipinski definition) is 5. The molecule has 1 aliphatic rings. The summed E-state index contributed by atoms with van der Waals surface area (Å²) < 4.78 is 1.63. The van der Waals surface area contributed by atoms with Gasteiger partial charge < -0.3 is 11.1 Å². The normalized spacial score (nSPS) is 14.5. The van der Waals surface area contributed by atoms with Crippen LogP contribution in [0.4, 0.5) is 0 Å². The third-order valence-corrected chi connectivity index (χ3v) is 3.76. The van der Waals surface area contributed by atoms with Gasteiger partial charge in [-0.3, -0.25) is 10.2 Å². The number of nitrogens with two attached hydrogens (primary N) is 1. The number of carbonyl (C=O) groups excluding carboxylic acids is 1. The smallest absolute Gasteiger partial charge is 0.231 e. The van der Waals surface area contributed by atoms with Gasteiger partial charge in [0.25, 0.3) is 0 Å². The monoisotopic (exact) mass is 324 g/mol. The molecule has 124 valence electrons. The molecule has 2 aromatic heterocycles. The molecular formula is C17H20N6O. The molecule has 0 saturated heterocycles. The van der Waals surface area contributed by atoms with Gasteiger partial charge in [-0.25, -0.2) is 9.67 Å². The maximum absolute atomic E-state index is 12.0. The fraction of sp³-hybridized carbons (Fsp3) is 0.294. The molecule has 2 aromatic rings. The number of aromatic nitrogens is 3. The molecule has 1 saturated carbocycles. The first-order valence-corrected chi connectivity index (χ1v) is 7.84. The molecule has 1 aliphatic carbocycles. The first-order valence-electron chi connectivity index (χ1n) is 7.84. The molecule has 0 unspecified atom stereocenters. The van der Waals surface area contributed by atoms with Crippen molar-refractivity contribution in [1.29, 1.82) is 5.41 Å². The third-order valence-electron chi connectivity index (χ3n) is 3.76. The number of nitrogens with one attached hydrogen (secondary N) is 2. The fourth-order valence-corrected chi connectivity index (χ4v) is 2.33.